The minimum Gasteiger partial charge on any atom is -0.772 e. The molecule has 0 fully saturated rings. The van der Waals surface area contributed by atoms with E-state index < -0.39 is 11.1 Å². The summed E-state index contributed by atoms with van der Waals surface area (Å²) in [5.74, 6) is 0.436. The lowest BCUT2D eigenvalue weighted by Crippen LogP contribution is -1.92. The van der Waals surface area contributed by atoms with Crippen LogP contribution in [0.2, 0.25) is 0 Å². The highest BCUT2D eigenvalue weighted by Gasteiger charge is 2.03. The van der Waals surface area contributed by atoms with Gasteiger partial charge in [-0.2, -0.15) is 5.10 Å². The number of aromatic nitrogens is 2. The van der Waals surface area contributed by atoms with E-state index in [0.29, 0.717) is 12.2 Å². The summed E-state index contributed by atoms with van der Waals surface area (Å²) in [5.41, 5.74) is 2.33. The second kappa shape index (κ2) is 5.56. The first-order valence-electron chi connectivity index (χ1n) is 5.10. The fourth-order valence-electron chi connectivity index (χ4n) is 1.52. The molecule has 1 unspecified atom stereocenters. The molecule has 0 aliphatic carbocycles. The van der Waals surface area contributed by atoms with E-state index in [0.717, 1.165) is 16.8 Å². The lowest BCUT2D eigenvalue weighted by molar-refractivity contribution is -0.105. The predicted octanol–water partition coefficient (Wildman–Crippen LogP) is 1.02. The van der Waals surface area contributed by atoms with Gasteiger partial charge in [0.05, 0.1) is 5.69 Å². The first-order chi connectivity index (χ1) is 8.69. The number of nitrogens with zero attached hydrogens (tertiary/aromatic N) is 1. The summed E-state index contributed by atoms with van der Waals surface area (Å²) in [5, 5.41) is 9.09. The first-order valence-corrected chi connectivity index (χ1v) is 6.34. The molecule has 94 valence electrons. The van der Waals surface area contributed by atoms with Crippen LogP contribution in [-0.4, -0.2) is 25.4 Å². The van der Waals surface area contributed by atoms with E-state index in [2.05, 4.69) is 15.5 Å². The molecule has 0 radical (unpaired) electrons. The fraction of sp³-hybridized carbons (Fsp3) is 0.0909. The van der Waals surface area contributed by atoms with Gasteiger partial charge in [-0.05, 0) is 11.1 Å². The summed E-state index contributed by atoms with van der Waals surface area (Å²) in [6.45, 7) is 0. The molecule has 2 rings (SSSR count). The molecule has 1 aromatic carbocycles. The highest BCUT2D eigenvalue weighted by atomic mass is 32.2. The smallest absolute Gasteiger partial charge is 0.212 e. The van der Waals surface area contributed by atoms with Crippen molar-refractivity contribution in [2.75, 3.05) is 5.32 Å². The van der Waals surface area contributed by atoms with E-state index in [-0.39, 0.29) is 5.75 Å². The number of hydrogen-bond donors (Lipinski definition) is 2. The summed E-state index contributed by atoms with van der Waals surface area (Å²) < 4.78 is 21.1. The highest BCUT2D eigenvalue weighted by molar-refractivity contribution is 7.78. The maximum Gasteiger partial charge on any atom is 0.212 e. The summed E-state index contributed by atoms with van der Waals surface area (Å²) in [6.07, 6.45) is 0.548. The average molecular weight is 264 g/mol. The van der Waals surface area contributed by atoms with Crippen LogP contribution in [0.5, 0.6) is 0 Å². The van der Waals surface area contributed by atoms with E-state index in [4.69, 9.17) is 0 Å². The molecule has 1 aromatic heterocycles. The number of rotatable bonds is 5. The summed E-state index contributed by atoms with van der Waals surface area (Å²) in [6, 6.07) is 8.74. The summed E-state index contributed by atoms with van der Waals surface area (Å²) >= 11 is -2.09. The molecule has 2 aromatic rings. The summed E-state index contributed by atoms with van der Waals surface area (Å²) in [7, 11) is 0. The van der Waals surface area contributed by atoms with Crippen LogP contribution in [0.1, 0.15) is 5.56 Å². The van der Waals surface area contributed by atoms with Gasteiger partial charge in [-0.25, -0.2) is 0 Å². The lowest BCUT2D eigenvalue weighted by Gasteiger charge is -2.05. The number of aromatic amines is 1. The fourth-order valence-corrected chi connectivity index (χ4v) is 1.99. The second-order valence-electron chi connectivity index (χ2n) is 3.57. The van der Waals surface area contributed by atoms with Crippen LogP contribution in [-0.2, 0) is 21.6 Å². The third-order valence-electron chi connectivity index (χ3n) is 2.33. The van der Waals surface area contributed by atoms with Gasteiger partial charge >= 0.3 is 0 Å². The average Bonchev–Trinajstić information content (AvgIpc) is 2.78. The van der Waals surface area contributed by atoms with Crippen molar-refractivity contribution in [3.63, 3.8) is 0 Å². The first kappa shape index (κ1) is 12.5. The normalized spacial score (nSPS) is 12.1. The number of hydrogen-bond acceptors (Lipinski definition) is 4. The van der Waals surface area contributed by atoms with Gasteiger partial charge in [0, 0.05) is 11.8 Å². The van der Waals surface area contributed by atoms with Crippen LogP contribution >= 0.6 is 0 Å². The number of carbonyl (C=O) groups is 1. The van der Waals surface area contributed by atoms with E-state index in [1.165, 1.54) is 0 Å². The zero-order valence-corrected chi connectivity index (χ0v) is 10.1. The third-order valence-corrected chi connectivity index (χ3v) is 2.90. The minimum atomic E-state index is -2.09. The van der Waals surface area contributed by atoms with Crippen molar-refractivity contribution in [3.05, 3.63) is 35.9 Å². The van der Waals surface area contributed by atoms with Crippen LogP contribution in [0.4, 0.5) is 5.82 Å². The third kappa shape index (κ3) is 3.02. The molecule has 18 heavy (non-hydrogen) atoms. The van der Waals surface area contributed by atoms with Crippen molar-refractivity contribution in [1.29, 1.82) is 0 Å². The Balaban J connectivity index is 2.17. The molecule has 1 amide bonds. The number of benzene rings is 1. The Bertz CT molecular complexity index is 565. The largest absolute Gasteiger partial charge is 0.772 e. The Morgan fingerprint density at radius 3 is 2.72 bits per heavy atom. The molecular weight excluding hydrogens is 254 g/mol. The Kier molecular flexibility index (Phi) is 3.85. The molecule has 0 bridgehead atoms. The molecule has 0 saturated carbocycles. The van der Waals surface area contributed by atoms with Crippen LogP contribution in [0.3, 0.4) is 0 Å². The van der Waals surface area contributed by atoms with Crippen molar-refractivity contribution < 1.29 is 13.6 Å². The lowest BCUT2D eigenvalue weighted by atomic mass is 10.1. The number of H-pyrrole nitrogens is 1. The van der Waals surface area contributed by atoms with Gasteiger partial charge < -0.3 is 9.87 Å². The molecule has 0 aliphatic heterocycles. The van der Waals surface area contributed by atoms with E-state index in [1.807, 2.05) is 0 Å². The van der Waals surface area contributed by atoms with Gasteiger partial charge in [-0.15, -0.1) is 0 Å². The molecule has 0 aliphatic rings. The van der Waals surface area contributed by atoms with Gasteiger partial charge in [0.1, 0.15) is 0 Å². The second-order valence-corrected chi connectivity index (χ2v) is 4.47. The van der Waals surface area contributed by atoms with E-state index >= 15 is 0 Å². The Labute approximate surface area is 106 Å². The molecule has 7 heteroatoms. The molecule has 1 atom stereocenters. The minimum absolute atomic E-state index is 0.00119. The quantitative estimate of drug-likeness (QED) is 0.622. The van der Waals surface area contributed by atoms with Crippen LogP contribution in [0, 0.1) is 0 Å². The number of nitrogens with one attached hydrogen (secondary N) is 2. The van der Waals surface area contributed by atoms with E-state index in [1.54, 1.807) is 30.3 Å². The maximum atomic E-state index is 10.5. The van der Waals surface area contributed by atoms with Crippen molar-refractivity contribution in [2.24, 2.45) is 0 Å². The Morgan fingerprint density at radius 1 is 1.39 bits per heavy atom. The highest BCUT2D eigenvalue weighted by Crippen LogP contribution is 2.20. The van der Waals surface area contributed by atoms with Gasteiger partial charge in [-0.3, -0.25) is 14.1 Å². The monoisotopic (exact) mass is 264 g/mol. The molecule has 0 saturated heterocycles. The van der Waals surface area contributed by atoms with Gasteiger partial charge in [-0.1, -0.05) is 35.3 Å². The van der Waals surface area contributed by atoms with Gasteiger partial charge in [0.15, 0.2) is 5.82 Å². The number of anilines is 1. The number of carbonyl (C=O) groups excluding carboxylic acids is 1. The standard InChI is InChI=1S/C11H11N3O3S/c15-7-12-11-5-10(13-14-11)9-3-1-8(2-4-9)6-18(16)17/h1-5,7H,6H2,(H,16,17)(H2,12,13,14,15)/p-1. The molecular formula is C11H10N3O3S-. The summed E-state index contributed by atoms with van der Waals surface area (Å²) in [4.78, 5) is 10.2. The van der Waals surface area contributed by atoms with Crippen LogP contribution in [0.25, 0.3) is 11.3 Å². The van der Waals surface area contributed by atoms with Crippen LogP contribution in [0.15, 0.2) is 30.3 Å². The SMILES string of the molecule is O=CNc1cc(-c2ccc(CS(=O)[O-])cc2)[nH]n1. The number of amides is 1. The van der Waals surface area contributed by atoms with Crippen molar-refractivity contribution in [2.45, 2.75) is 5.75 Å². The topological polar surface area (TPSA) is 97.9 Å². The molecule has 2 N–H and O–H groups in total. The van der Waals surface area contributed by atoms with E-state index in [9.17, 15) is 13.6 Å². The van der Waals surface area contributed by atoms with Gasteiger partial charge in [0.25, 0.3) is 0 Å². The maximum absolute atomic E-state index is 10.5. The van der Waals surface area contributed by atoms with Crippen LogP contribution < -0.4 is 5.32 Å². The zero-order chi connectivity index (χ0) is 13.0. The molecule has 0 spiro atoms. The Morgan fingerprint density at radius 2 is 2.11 bits per heavy atom. The van der Waals surface area contributed by atoms with Crippen molar-refractivity contribution in [1.82, 2.24) is 10.2 Å². The predicted molar refractivity (Wildman–Crippen MR) is 66.3 cm³/mol. The zero-order valence-electron chi connectivity index (χ0n) is 9.25. The molecule has 6 nitrogen and oxygen atoms in total. The molecule has 1 heterocycles. The van der Waals surface area contributed by atoms with Crippen molar-refractivity contribution in [3.8, 4) is 11.3 Å². The van der Waals surface area contributed by atoms with Gasteiger partial charge in [0.2, 0.25) is 6.41 Å². The van der Waals surface area contributed by atoms with Crippen molar-refractivity contribution >= 4 is 23.3 Å². The Hall–Kier alpha value is -1.99.